The van der Waals surface area contributed by atoms with Crippen LogP contribution in [0.4, 0.5) is 0 Å². The zero-order valence-corrected chi connectivity index (χ0v) is 14.8. The van der Waals surface area contributed by atoms with Crippen LogP contribution in [-0.4, -0.2) is 0 Å². The van der Waals surface area contributed by atoms with Gasteiger partial charge < -0.3 is 10.1 Å². The monoisotopic (exact) mass is 307 g/mol. The highest BCUT2D eigenvalue weighted by molar-refractivity contribution is 5.06. The van der Waals surface area contributed by atoms with E-state index < -0.39 is 0 Å². The van der Waals surface area contributed by atoms with Crippen LogP contribution >= 0.6 is 0 Å². The van der Waals surface area contributed by atoms with Gasteiger partial charge in [-0.1, -0.05) is 90.4 Å². The van der Waals surface area contributed by atoms with E-state index in [1.54, 1.807) is 0 Å². The van der Waals surface area contributed by atoms with E-state index in [1.807, 2.05) is 6.20 Å². The highest BCUT2D eigenvalue weighted by atomic mass is 16.5. The molecule has 0 aromatic carbocycles. The summed E-state index contributed by atoms with van der Waals surface area (Å²) in [6, 6.07) is 0. The quantitative estimate of drug-likeness (QED) is 0.336. The third-order valence-electron chi connectivity index (χ3n) is 4.43. The molecule has 0 aromatic heterocycles. The van der Waals surface area contributed by atoms with Gasteiger partial charge in [0.2, 0.25) is 0 Å². The molecule has 0 unspecified atom stereocenters. The number of rotatable bonds is 15. The highest BCUT2D eigenvalue weighted by Crippen LogP contribution is 2.18. The van der Waals surface area contributed by atoms with Crippen molar-refractivity contribution in [1.82, 2.24) is 5.32 Å². The van der Waals surface area contributed by atoms with Gasteiger partial charge in [-0.3, -0.25) is 0 Å². The van der Waals surface area contributed by atoms with E-state index in [0.717, 1.165) is 12.2 Å². The summed E-state index contributed by atoms with van der Waals surface area (Å²) in [6.45, 7) is 6.02. The second-order valence-electron chi connectivity index (χ2n) is 6.63. The molecule has 2 heteroatoms. The van der Waals surface area contributed by atoms with Gasteiger partial charge in [-0.15, -0.1) is 0 Å². The lowest BCUT2D eigenvalue weighted by atomic mass is 10.0. The number of hydrogen-bond acceptors (Lipinski definition) is 2. The van der Waals surface area contributed by atoms with Crippen LogP contribution in [0.15, 0.2) is 24.4 Å². The fraction of sp³-hybridized carbons (Fsp3) is 0.800. The molecule has 0 spiro atoms. The topological polar surface area (TPSA) is 21.3 Å². The molecule has 0 saturated heterocycles. The van der Waals surface area contributed by atoms with E-state index in [0.29, 0.717) is 5.88 Å². The van der Waals surface area contributed by atoms with Gasteiger partial charge >= 0.3 is 0 Å². The summed E-state index contributed by atoms with van der Waals surface area (Å²) >= 11 is 0. The van der Waals surface area contributed by atoms with E-state index in [-0.39, 0.29) is 0 Å². The van der Waals surface area contributed by atoms with Crippen molar-refractivity contribution in [2.45, 2.75) is 103 Å². The Bertz CT molecular complexity index is 309. The Morgan fingerprint density at radius 3 is 1.64 bits per heavy atom. The maximum absolute atomic E-state index is 5.43. The van der Waals surface area contributed by atoms with Crippen LogP contribution in [0.2, 0.25) is 0 Å². The van der Waals surface area contributed by atoms with E-state index >= 15 is 0 Å². The summed E-state index contributed by atoms with van der Waals surface area (Å²) in [7, 11) is 0. The summed E-state index contributed by atoms with van der Waals surface area (Å²) in [5.41, 5.74) is 0. The second kappa shape index (κ2) is 13.7. The first-order chi connectivity index (χ1) is 10.8. The lowest BCUT2D eigenvalue weighted by molar-refractivity contribution is 0.300. The smallest absolute Gasteiger partial charge is 0.189 e. The van der Waals surface area contributed by atoms with Crippen LogP contribution in [0, 0.1) is 0 Å². The molecule has 2 nitrogen and oxygen atoms in total. The fourth-order valence-corrected chi connectivity index (χ4v) is 3.00. The van der Waals surface area contributed by atoms with Crippen molar-refractivity contribution in [3.05, 3.63) is 24.4 Å². The first kappa shape index (κ1) is 19.1. The first-order valence-corrected chi connectivity index (χ1v) is 9.65. The van der Waals surface area contributed by atoms with Crippen molar-refractivity contribution in [3.8, 4) is 0 Å². The van der Waals surface area contributed by atoms with Crippen LogP contribution in [0.1, 0.15) is 103 Å². The van der Waals surface area contributed by atoms with Crippen LogP contribution < -0.4 is 5.32 Å². The third-order valence-corrected chi connectivity index (χ3v) is 4.43. The molecule has 1 rings (SSSR count). The molecule has 128 valence electrons. The van der Waals surface area contributed by atoms with Crippen LogP contribution in [-0.2, 0) is 4.74 Å². The van der Waals surface area contributed by atoms with Crippen molar-refractivity contribution >= 4 is 0 Å². The van der Waals surface area contributed by atoms with Crippen molar-refractivity contribution in [3.63, 3.8) is 0 Å². The van der Waals surface area contributed by atoms with E-state index in [4.69, 9.17) is 4.74 Å². The van der Waals surface area contributed by atoms with Gasteiger partial charge in [0.15, 0.2) is 5.88 Å². The molecule has 0 saturated carbocycles. The Kier molecular flexibility index (Phi) is 11.9. The Morgan fingerprint density at radius 2 is 1.23 bits per heavy atom. The molecule has 0 atom stereocenters. The molecule has 0 amide bonds. The van der Waals surface area contributed by atoms with Crippen molar-refractivity contribution in [1.29, 1.82) is 0 Å². The van der Waals surface area contributed by atoms with E-state index in [2.05, 4.69) is 18.8 Å². The lowest BCUT2D eigenvalue weighted by Gasteiger charge is -2.04. The van der Waals surface area contributed by atoms with Gasteiger partial charge in [0, 0.05) is 12.6 Å². The van der Waals surface area contributed by atoms with E-state index in [1.165, 1.54) is 89.9 Å². The molecule has 0 fully saturated rings. The SMILES string of the molecule is C=C1NC=C(CCCCCCCCCCCCCCCC)O1. The third kappa shape index (κ3) is 10.8. The molecule has 22 heavy (non-hydrogen) atoms. The summed E-state index contributed by atoms with van der Waals surface area (Å²) in [5.74, 6) is 1.71. The molecule has 0 bridgehead atoms. The van der Waals surface area contributed by atoms with Gasteiger partial charge in [0.1, 0.15) is 5.76 Å². The minimum absolute atomic E-state index is 0.667. The highest BCUT2D eigenvalue weighted by Gasteiger charge is 2.07. The van der Waals surface area contributed by atoms with Gasteiger partial charge in [-0.05, 0) is 13.0 Å². The average Bonchev–Trinajstić information content (AvgIpc) is 2.93. The molecule has 1 aliphatic heterocycles. The Labute approximate surface area is 138 Å². The van der Waals surface area contributed by atoms with Gasteiger partial charge in [-0.2, -0.15) is 0 Å². The van der Waals surface area contributed by atoms with Crippen LogP contribution in [0.5, 0.6) is 0 Å². The summed E-state index contributed by atoms with van der Waals surface area (Å²) in [4.78, 5) is 0. The molecule has 0 radical (unpaired) electrons. The number of allylic oxidation sites excluding steroid dienone is 1. The minimum Gasteiger partial charge on any atom is -0.445 e. The number of ether oxygens (including phenoxy) is 1. The molecule has 1 aliphatic rings. The fourth-order valence-electron chi connectivity index (χ4n) is 3.00. The zero-order chi connectivity index (χ0) is 15.9. The van der Waals surface area contributed by atoms with Gasteiger partial charge in [0.05, 0.1) is 0 Å². The predicted octanol–water partition coefficient (Wildman–Crippen LogP) is 6.79. The minimum atomic E-state index is 0.667. The van der Waals surface area contributed by atoms with Crippen LogP contribution in [0.25, 0.3) is 0 Å². The Balaban J connectivity index is 1.70. The standard InChI is InChI=1S/C20H37NO/c1-3-4-5-6-7-8-9-10-11-12-13-14-15-16-17-20-18-21-19(2)22-20/h18,21H,2-17H2,1H3. The Morgan fingerprint density at radius 1 is 0.773 bits per heavy atom. The maximum Gasteiger partial charge on any atom is 0.189 e. The first-order valence-electron chi connectivity index (χ1n) is 9.65. The second-order valence-corrected chi connectivity index (χ2v) is 6.63. The Hall–Kier alpha value is -0.920. The lowest BCUT2D eigenvalue weighted by Crippen LogP contribution is -1.95. The number of nitrogens with one attached hydrogen (secondary N) is 1. The largest absolute Gasteiger partial charge is 0.445 e. The average molecular weight is 308 g/mol. The molecule has 1 N–H and O–H groups in total. The number of hydrogen-bond donors (Lipinski definition) is 1. The van der Waals surface area contributed by atoms with Gasteiger partial charge in [-0.25, -0.2) is 0 Å². The molecule has 0 aliphatic carbocycles. The maximum atomic E-state index is 5.43. The van der Waals surface area contributed by atoms with Crippen molar-refractivity contribution in [2.24, 2.45) is 0 Å². The van der Waals surface area contributed by atoms with Crippen LogP contribution in [0.3, 0.4) is 0 Å². The molecular weight excluding hydrogens is 270 g/mol. The van der Waals surface area contributed by atoms with E-state index in [9.17, 15) is 0 Å². The summed E-state index contributed by atoms with van der Waals surface area (Å²) < 4.78 is 5.43. The van der Waals surface area contributed by atoms with Crippen molar-refractivity contribution < 1.29 is 4.74 Å². The number of unbranched alkanes of at least 4 members (excludes halogenated alkanes) is 13. The predicted molar refractivity (Wildman–Crippen MR) is 96.4 cm³/mol. The van der Waals surface area contributed by atoms with Gasteiger partial charge in [0.25, 0.3) is 0 Å². The summed E-state index contributed by atoms with van der Waals surface area (Å²) in [5, 5.41) is 2.99. The molecule has 0 aromatic rings. The molecule has 1 heterocycles. The summed E-state index contributed by atoms with van der Waals surface area (Å²) in [6.07, 6.45) is 22.7. The van der Waals surface area contributed by atoms with Crippen molar-refractivity contribution in [2.75, 3.05) is 0 Å². The zero-order valence-electron chi connectivity index (χ0n) is 14.8. The molecular formula is C20H37NO. The normalized spacial score (nSPS) is 13.9.